The number of aromatic nitrogens is 2. The number of aromatic amines is 1. The van der Waals surface area contributed by atoms with Crippen molar-refractivity contribution in [1.82, 2.24) is 10.2 Å². The van der Waals surface area contributed by atoms with Gasteiger partial charge in [-0.25, -0.2) is 5.10 Å². The summed E-state index contributed by atoms with van der Waals surface area (Å²) in [6.45, 7) is 6.21. The summed E-state index contributed by atoms with van der Waals surface area (Å²) >= 11 is 3.19. The number of nitrogens with one attached hydrogen (secondary N) is 2. The molecule has 0 radical (unpaired) electrons. The zero-order valence-corrected chi connectivity index (χ0v) is 11.0. The highest BCUT2D eigenvalue weighted by Crippen LogP contribution is 2.14. The van der Waals surface area contributed by atoms with E-state index in [9.17, 15) is 4.79 Å². The van der Waals surface area contributed by atoms with Crippen LogP contribution in [-0.4, -0.2) is 30.0 Å². The molecule has 0 bridgehead atoms. The number of anilines is 1. The average Bonchev–Trinajstić information content (AvgIpc) is 2.23. The first-order valence-corrected chi connectivity index (χ1v) is 5.95. The van der Waals surface area contributed by atoms with Crippen molar-refractivity contribution in [3.63, 3.8) is 0 Å². The van der Waals surface area contributed by atoms with Crippen LogP contribution >= 0.6 is 15.9 Å². The molecule has 1 heterocycles. The Morgan fingerprint density at radius 3 is 3.06 bits per heavy atom. The predicted molar refractivity (Wildman–Crippen MR) is 66.7 cm³/mol. The molecule has 1 aromatic rings. The molecule has 0 aliphatic carbocycles. The van der Waals surface area contributed by atoms with Gasteiger partial charge in [0.2, 0.25) is 0 Å². The first-order valence-electron chi connectivity index (χ1n) is 5.16. The number of halogens is 1. The molecule has 0 aromatic carbocycles. The van der Waals surface area contributed by atoms with Crippen molar-refractivity contribution >= 4 is 21.6 Å². The average molecular weight is 290 g/mol. The Bertz CT molecular complexity index is 379. The number of hydrogen-bond donors (Lipinski definition) is 2. The lowest BCUT2D eigenvalue weighted by Gasteiger charge is -2.09. The normalized spacial score (nSPS) is 10.8. The minimum Gasteiger partial charge on any atom is -0.380 e. The zero-order chi connectivity index (χ0) is 12.0. The fourth-order valence-corrected chi connectivity index (χ4v) is 1.41. The van der Waals surface area contributed by atoms with Crippen LogP contribution in [0.4, 0.5) is 5.69 Å². The molecule has 0 saturated carbocycles. The highest BCUT2D eigenvalue weighted by atomic mass is 79.9. The van der Waals surface area contributed by atoms with Crippen molar-refractivity contribution < 1.29 is 4.74 Å². The molecule has 0 aliphatic rings. The molecule has 1 aromatic heterocycles. The van der Waals surface area contributed by atoms with Gasteiger partial charge in [-0.2, -0.15) is 5.10 Å². The van der Waals surface area contributed by atoms with E-state index in [0.29, 0.717) is 29.2 Å². The SMILES string of the molecule is CC(C)COCCNc1cn[nH]c(=O)c1Br. The summed E-state index contributed by atoms with van der Waals surface area (Å²) in [5.41, 5.74) is 0.435. The maximum atomic E-state index is 11.2. The van der Waals surface area contributed by atoms with E-state index in [0.717, 1.165) is 6.61 Å². The van der Waals surface area contributed by atoms with E-state index in [-0.39, 0.29) is 5.56 Å². The molecule has 0 fully saturated rings. The minimum absolute atomic E-state index is 0.243. The number of ether oxygens (including phenoxy) is 1. The molecule has 90 valence electrons. The smallest absolute Gasteiger partial charge is 0.280 e. The monoisotopic (exact) mass is 289 g/mol. The van der Waals surface area contributed by atoms with E-state index in [1.165, 1.54) is 0 Å². The molecular weight excluding hydrogens is 274 g/mol. The van der Waals surface area contributed by atoms with Gasteiger partial charge < -0.3 is 10.1 Å². The number of rotatable bonds is 6. The first-order chi connectivity index (χ1) is 7.61. The zero-order valence-electron chi connectivity index (χ0n) is 9.42. The Morgan fingerprint density at radius 2 is 2.38 bits per heavy atom. The topological polar surface area (TPSA) is 67.0 Å². The molecule has 6 heteroatoms. The van der Waals surface area contributed by atoms with E-state index in [4.69, 9.17) is 4.74 Å². The predicted octanol–water partition coefficient (Wildman–Crippen LogP) is 1.62. The number of H-pyrrole nitrogens is 1. The van der Waals surface area contributed by atoms with Crippen LogP contribution in [0.1, 0.15) is 13.8 Å². The second kappa shape index (κ2) is 6.65. The Balaban J connectivity index is 2.32. The van der Waals surface area contributed by atoms with Crippen molar-refractivity contribution in [2.45, 2.75) is 13.8 Å². The Kier molecular flexibility index (Phi) is 5.48. The van der Waals surface area contributed by atoms with Crippen LogP contribution in [0.3, 0.4) is 0 Å². The summed E-state index contributed by atoms with van der Waals surface area (Å²) < 4.78 is 5.87. The van der Waals surface area contributed by atoms with E-state index in [2.05, 4.69) is 45.3 Å². The van der Waals surface area contributed by atoms with Crippen molar-refractivity contribution in [3.05, 3.63) is 21.0 Å². The van der Waals surface area contributed by atoms with Gasteiger partial charge in [-0.15, -0.1) is 0 Å². The fraction of sp³-hybridized carbons (Fsp3) is 0.600. The summed E-state index contributed by atoms with van der Waals surface area (Å²) in [5.74, 6) is 0.535. The molecule has 5 nitrogen and oxygen atoms in total. The standard InChI is InChI=1S/C10H16BrN3O2/c1-7(2)6-16-4-3-12-8-5-13-14-10(15)9(8)11/h5,7H,3-4,6H2,1-2H3,(H2,12,14,15). The molecule has 0 aliphatic heterocycles. The largest absolute Gasteiger partial charge is 0.380 e. The third-order valence-electron chi connectivity index (χ3n) is 1.81. The maximum Gasteiger partial charge on any atom is 0.280 e. The number of nitrogens with zero attached hydrogens (tertiary/aromatic N) is 1. The van der Waals surface area contributed by atoms with Crippen molar-refractivity contribution in [1.29, 1.82) is 0 Å². The van der Waals surface area contributed by atoms with E-state index in [1.807, 2.05) is 0 Å². The molecule has 0 atom stereocenters. The van der Waals surface area contributed by atoms with Gasteiger partial charge in [-0.1, -0.05) is 13.8 Å². The molecule has 0 spiro atoms. The summed E-state index contributed by atoms with van der Waals surface area (Å²) in [7, 11) is 0. The van der Waals surface area contributed by atoms with Gasteiger partial charge in [-0.05, 0) is 21.8 Å². The van der Waals surface area contributed by atoms with Crippen LogP contribution in [0.25, 0.3) is 0 Å². The minimum atomic E-state index is -0.243. The summed E-state index contributed by atoms with van der Waals surface area (Å²) in [6, 6.07) is 0. The first kappa shape index (κ1) is 13.2. The van der Waals surface area contributed by atoms with E-state index in [1.54, 1.807) is 6.20 Å². The van der Waals surface area contributed by atoms with Crippen molar-refractivity contribution in [2.24, 2.45) is 5.92 Å². The third-order valence-corrected chi connectivity index (χ3v) is 2.60. The molecule has 1 rings (SSSR count). The van der Waals surface area contributed by atoms with Gasteiger partial charge in [0.25, 0.3) is 5.56 Å². The Morgan fingerprint density at radius 1 is 1.62 bits per heavy atom. The Hall–Kier alpha value is -0.880. The highest BCUT2D eigenvalue weighted by molar-refractivity contribution is 9.10. The molecule has 0 unspecified atom stereocenters. The quantitative estimate of drug-likeness (QED) is 0.781. The maximum absolute atomic E-state index is 11.2. The second-order valence-electron chi connectivity index (χ2n) is 3.82. The van der Waals surface area contributed by atoms with E-state index < -0.39 is 0 Å². The van der Waals surface area contributed by atoms with Crippen LogP contribution in [0.5, 0.6) is 0 Å². The Labute approximate surface area is 103 Å². The van der Waals surface area contributed by atoms with Gasteiger partial charge in [0.05, 0.1) is 18.5 Å². The van der Waals surface area contributed by atoms with Crippen LogP contribution in [-0.2, 0) is 4.74 Å². The van der Waals surface area contributed by atoms with E-state index >= 15 is 0 Å². The molecular formula is C10H16BrN3O2. The van der Waals surface area contributed by atoms with Crippen molar-refractivity contribution in [2.75, 3.05) is 25.1 Å². The molecule has 0 amide bonds. The van der Waals surface area contributed by atoms with Crippen molar-refractivity contribution in [3.8, 4) is 0 Å². The van der Waals surface area contributed by atoms with Gasteiger partial charge in [0, 0.05) is 13.2 Å². The summed E-state index contributed by atoms with van der Waals surface area (Å²) in [6.07, 6.45) is 1.56. The molecule has 16 heavy (non-hydrogen) atoms. The molecule has 2 N–H and O–H groups in total. The van der Waals surface area contributed by atoms with Gasteiger partial charge in [-0.3, -0.25) is 4.79 Å². The van der Waals surface area contributed by atoms with Crippen LogP contribution in [0.2, 0.25) is 0 Å². The highest BCUT2D eigenvalue weighted by Gasteiger charge is 2.03. The van der Waals surface area contributed by atoms with Crippen LogP contribution in [0, 0.1) is 5.92 Å². The molecule has 0 saturated heterocycles. The van der Waals surface area contributed by atoms with Crippen LogP contribution in [0.15, 0.2) is 15.5 Å². The summed E-state index contributed by atoms with van der Waals surface area (Å²) in [5, 5.41) is 9.11. The van der Waals surface area contributed by atoms with Crippen LogP contribution < -0.4 is 10.9 Å². The third kappa shape index (κ3) is 4.32. The number of hydrogen-bond acceptors (Lipinski definition) is 4. The lowest BCUT2D eigenvalue weighted by atomic mass is 10.2. The fourth-order valence-electron chi connectivity index (χ4n) is 1.08. The summed E-state index contributed by atoms with van der Waals surface area (Å²) in [4.78, 5) is 11.2. The lowest BCUT2D eigenvalue weighted by Crippen LogP contribution is -2.16. The van der Waals surface area contributed by atoms with Gasteiger partial charge in [0.15, 0.2) is 0 Å². The van der Waals surface area contributed by atoms with Gasteiger partial charge in [0.1, 0.15) is 4.47 Å². The lowest BCUT2D eigenvalue weighted by molar-refractivity contribution is 0.118. The second-order valence-corrected chi connectivity index (χ2v) is 4.62. The van der Waals surface area contributed by atoms with Gasteiger partial charge >= 0.3 is 0 Å².